The molecule has 3 aromatic carbocycles. The van der Waals surface area contributed by atoms with Crippen LogP contribution in [0.1, 0.15) is 23.2 Å². The van der Waals surface area contributed by atoms with Gasteiger partial charge >= 0.3 is 5.97 Å². The van der Waals surface area contributed by atoms with Crippen LogP contribution in [0.25, 0.3) is 10.9 Å². The standard InChI is InChI=1S/C26H21BrClFN4O3/c27-20-14-23-19(25(31-15-30-23)32-17-6-7-22(29)21(28)12-17)13-24(20)35-18-8-10-33(11-9-18)36-26(34)16-4-2-1-3-5-16/h1-7,12-15,18H,8-11H2,(H,30,31,32). The molecule has 4 aromatic rings. The summed E-state index contributed by atoms with van der Waals surface area (Å²) in [6, 6.07) is 17.0. The van der Waals surface area contributed by atoms with E-state index in [0.717, 1.165) is 9.86 Å². The van der Waals surface area contributed by atoms with E-state index in [1.807, 2.05) is 18.2 Å². The van der Waals surface area contributed by atoms with Gasteiger partial charge in [-0.05, 0) is 58.4 Å². The van der Waals surface area contributed by atoms with Gasteiger partial charge in [0.15, 0.2) is 0 Å². The molecule has 0 atom stereocenters. The van der Waals surface area contributed by atoms with Crippen LogP contribution in [0.5, 0.6) is 5.75 Å². The molecular weight excluding hydrogens is 551 g/mol. The molecule has 7 nitrogen and oxygen atoms in total. The third-order valence-corrected chi connectivity index (χ3v) is 6.70. The van der Waals surface area contributed by atoms with Gasteiger partial charge in [0.2, 0.25) is 0 Å². The van der Waals surface area contributed by atoms with Gasteiger partial charge in [0.1, 0.15) is 29.8 Å². The van der Waals surface area contributed by atoms with E-state index in [2.05, 4.69) is 31.2 Å². The first-order chi connectivity index (χ1) is 17.5. The van der Waals surface area contributed by atoms with Crippen LogP contribution in [0.3, 0.4) is 0 Å². The number of carbonyl (C=O) groups excluding carboxylic acids is 1. The van der Waals surface area contributed by atoms with Crippen LogP contribution in [0.2, 0.25) is 5.02 Å². The number of anilines is 2. The van der Waals surface area contributed by atoms with Crippen LogP contribution in [-0.2, 0) is 4.84 Å². The van der Waals surface area contributed by atoms with Crippen molar-refractivity contribution >= 4 is 55.9 Å². The summed E-state index contributed by atoms with van der Waals surface area (Å²) in [5.74, 6) is 0.338. The molecule has 0 amide bonds. The topological polar surface area (TPSA) is 76.6 Å². The minimum atomic E-state index is -0.491. The zero-order chi connectivity index (χ0) is 25.1. The molecule has 184 valence electrons. The maximum Gasteiger partial charge on any atom is 0.357 e. The van der Waals surface area contributed by atoms with Gasteiger partial charge in [-0.1, -0.05) is 29.8 Å². The Bertz CT molecular complexity index is 1400. The lowest BCUT2D eigenvalue weighted by Gasteiger charge is -2.31. The number of benzene rings is 3. The van der Waals surface area contributed by atoms with E-state index in [0.29, 0.717) is 54.3 Å². The van der Waals surface area contributed by atoms with Crippen LogP contribution in [0.4, 0.5) is 15.9 Å². The molecule has 10 heteroatoms. The Morgan fingerprint density at radius 3 is 2.61 bits per heavy atom. The summed E-state index contributed by atoms with van der Waals surface area (Å²) in [6.07, 6.45) is 2.78. The highest BCUT2D eigenvalue weighted by molar-refractivity contribution is 9.10. The Kier molecular flexibility index (Phi) is 7.31. The summed E-state index contributed by atoms with van der Waals surface area (Å²) in [5, 5.41) is 5.61. The molecule has 1 aromatic heterocycles. The minimum Gasteiger partial charge on any atom is -0.489 e. The molecular formula is C26H21BrClFN4O3. The Morgan fingerprint density at radius 1 is 1.08 bits per heavy atom. The van der Waals surface area contributed by atoms with E-state index in [1.54, 1.807) is 35.4 Å². The van der Waals surface area contributed by atoms with Crippen molar-refractivity contribution in [3.8, 4) is 5.75 Å². The molecule has 1 N–H and O–H groups in total. The molecule has 0 spiro atoms. The number of piperidine rings is 1. The fourth-order valence-corrected chi connectivity index (χ4v) is 4.53. The van der Waals surface area contributed by atoms with Crippen molar-refractivity contribution in [1.29, 1.82) is 0 Å². The maximum absolute atomic E-state index is 13.5. The van der Waals surface area contributed by atoms with E-state index < -0.39 is 5.82 Å². The number of hydrogen-bond acceptors (Lipinski definition) is 7. The van der Waals surface area contributed by atoms with Crippen molar-refractivity contribution in [1.82, 2.24) is 15.0 Å². The van der Waals surface area contributed by atoms with Gasteiger partial charge < -0.3 is 14.9 Å². The summed E-state index contributed by atoms with van der Waals surface area (Å²) < 4.78 is 20.6. The molecule has 0 bridgehead atoms. The van der Waals surface area contributed by atoms with Crippen LogP contribution in [-0.4, -0.2) is 40.2 Å². The van der Waals surface area contributed by atoms with Gasteiger partial charge in [0, 0.05) is 37.0 Å². The van der Waals surface area contributed by atoms with Gasteiger partial charge in [-0.2, -0.15) is 0 Å². The van der Waals surface area contributed by atoms with Crippen molar-refractivity contribution < 1.29 is 18.8 Å². The fraction of sp³-hybridized carbons (Fsp3) is 0.192. The summed E-state index contributed by atoms with van der Waals surface area (Å²) >= 11 is 9.50. The fourth-order valence-electron chi connectivity index (χ4n) is 3.92. The van der Waals surface area contributed by atoms with Crippen LogP contribution in [0.15, 0.2) is 71.5 Å². The number of ether oxygens (including phenoxy) is 1. The van der Waals surface area contributed by atoms with Crippen molar-refractivity contribution in [2.45, 2.75) is 18.9 Å². The largest absolute Gasteiger partial charge is 0.489 e. The molecule has 1 saturated heterocycles. The van der Waals surface area contributed by atoms with E-state index in [4.69, 9.17) is 21.2 Å². The Morgan fingerprint density at radius 2 is 1.86 bits per heavy atom. The molecule has 5 rings (SSSR count). The summed E-state index contributed by atoms with van der Waals surface area (Å²) in [5.41, 5.74) is 1.83. The lowest BCUT2D eigenvalue weighted by Crippen LogP contribution is -2.39. The predicted octanol–water partition coefficient (Wildman–Crippen LogP) is 6.54. The van der Waals surface area contributed by atoms with Crippen molar-refractivity contribution in [3.05, 3.63) is 87.9 Å². The normalized spacial score (nSPS) is 14.5. The average Bonchev–Trinajstić information content (AvgIpc) is 2.89. The van der Waals surface area contributed by atoms with Gasteiger partial charge in [0.05, 0.1) is 20.6 Å². The molecule has 1 aliphatic rings. The number of aromatic nitrogens is 2. The number of rotatable bonds is 6. The predicted molar refractivity (Wildman–Crippen MR) is 139 cm³/mol. The lowest BCUT2D eigenvalue weighted by atomic mass is 10.1. The highest BCUT2D eigenvalue weighted by Gasteiger charge is 2.24. The third kappa shape index (κ3) is 5.59. The first-order valence-electron chi connectivity index (χ1n) is 11.3. The van der Waals surface area contributed by atoms with Gasteiger partial charge in [-0.3, -0.25) is 0 Å². The second-order valence-corrected chi connectivity index (χ2v) is 9.53. The minimum absolute atomic E-state index is 0.0194. The monoisotopic (exact) mass is 570 g/mol. The zero-order valence-corrected chi connectivity index (χ0v) is 21.3. The molecule has 0 radical (unpaired) electrons. The first kappa shape index (κ1) is 24.4. The molecule has 1 aliphatic heterocycles. The second-order valence-electron chi connectivity index (χ2n) is 8.27. The SMILES string of the molecule is O=C(ON1CCC(Oc2cc3c(Nc4ccc(F)c(Cl)c4)ncnc3cc2Br)CC1)c1ccccc1. The molecule has 1 fully saturated rings. The van der Waals surface area contributed by atoms with Gasteiger partial charge in [-0.25, -0.2) is 19.2 Å². The Labute approximate surface area is 220 Å². The average molecular weight is 572 g/mol. The number of hydroxylamine groups is 2. The third-order valence-electron chi connectivity index (χ3n) is 5.79. The Balaban J connectivity index is 1.27. The van der Waals surface area contributed by atoms with E-state index in [-0.39, 0.29) is 17.1 Å². The van der Waals surface area contributed by atoms with Gasteiger partial charge in [0.25, 0.3) is 0 Å². The maximum atomic E-state index is 13.5. The number of nitrogens with one attached hydrogen (secondary N) is 1. The lowest BCUT2D eigenvalue weighted by molar-refractivity contribution is -0.131. The van der Waals surface area contributed by atoms with Crippen molar-refractivity contribution in [2.75, 3.05) is 18.4 Å². The smallest absolute Gasteiger partial charge is 0.357 e. The quantitative estimate of drug-likeness (QED) is 0.281. The van der Waals surface area contributed by atoms with Crippen molar-refractivity contribution in [2.24, 2.45) is 0 Å². The van der Waals surface area contributed by atoms with E-state index in [1.165, 1.54) is 18.5 Å². The number of carbonyl (C=O) groups is 1. The van der Waals surface area contributed by atoms with Gasteiger partial charge in [-0.15, -0.1) is 5.06 Å². The van der Waals surface area contributed by atoms with Crippen LogP contribution >= 0.6 is 27.5 Å². The molecule has 2 heterocycles. The number of halogens is 3. The highest BCUT2D eigenvalue weighted by Crippen LogP contribution is 2.35. The van der Waals surface area contributed by atoms with E-state index in [9.17, 15) is 9.18 Å². The number of nitrogens with zero attached hydrogens (tertiary/aromatic N) is 3. The summed E-state index contributed by atoms with van der Waals surface area (Å²) in [6.45, 7) is 1.13. The molecule has 36 heavy (non-hydrogen) atoms. The van der Waals surface area contributed by atoms with Crippen LogP contribution < -0.4 is 10.1 Å². The summed E-state index contributed by atoms with van der Waals surface area (Å²) in [7, 11) is 0. The van der Waals surface area contributed by atoms with Crippen LogP contribution in [0, 0.1) is 5.82 Å². The molecule has 0 unspecified atom stereocenters. The second kappa shape index (κ2) is 10.8. The highest BCUT2D eigenvalue weighted by atomic mass is 79.9. The zero-order valence-electron chi connectivity index (χ0n) is 19.0. The molecule has 0 aliphatic carbocycles. The molecule has 0 saturated carbocycles. The van der Waals surface area contributed by atoms with Crippen molar-refractivity contribution in [3.63, 3.8) is 0 Å². The van der Waals surface area contributed by atoms with E-state index >= 15 is 0 Å². The number of fused-ring (bicyclic) bond motifs is 1. The Hall–Kier alpha value is -3.27. The summed E-state index contributed by atoms with van der Waals surface area (Å²) in [4.78, 5) is 26.5. The number of hydrogen-bond donors (Lipinski definition) is 1. The first-order valence-corrected chi connectivity index (χ1v) is 12.5.